The largest absolute Gasteiger partial charge is 0.483 e. The fourth-order valence-corrected chi connectivity index (χ4v) is 6.49. The number of ether oxygens (including phenoxy) is 1. The van der Waals surface area contributed by atoms with E-state index in [1.54, 1.807) is 18.3 Å². The standard InChI is InChI=1S/C26H30N4O4S/c1-20-9-5-8-14-24(20)35(32,33)29-17-15-28(16-18-29)23-19-27-30(21-10-3-2-4-11-21)26(31)25(23)34-22-12-6-7-13-22/h2-5,8-11,14,19,22H,6-7,12-13,15-18H2,1H3. The predicted molar refractivity (Wildman–Crippen MR) is 135 cm³/mol. The fraction of sp³-hybridized carbons (Fsp3) is 0.385. The number of hydrogen-bond donors (Lipinski definition) is 0. The van der Waals surface area contributed by atoms with Crippen LogP contribution in [0.25, 0.3) is 5.69 Å². The van der Waals surface area contributed by atoms with Gasteiger partial charge >= 0.3 is 5.56 Å². The molecular weight excluding hydrogens is 464 g/mol. The first kappa shape index (κ1) is 23.6. The van der Waals surface area contributed by atoms with E-state index < -0.39 is 10.0 Å². The average molecular weight is 495 g/mol. The summed E-state index contributed by atoms with van der Waals surface area (Å²) in [5, 5.41) is 4.44. The minimum Gasteiger partial charge on any atom is -0.483 e. The number of nitrogens with zero attached hydrogens (tertiary/aromatic N) is 4. The van der Waals surface area contributed by atoms with Crippen LogP contribution >= 0.6 is 0 Å². The molecule has 2 aromatic carbocycles. The highest BCUT2D eigenvalue weighted by atomic mass is 32.2. The van der Waals surface area contributed by atoms with E-state index >= 15 is 0 Å². The Morgan fingerprint density at radius 3 is 2.26 bits per heavy atom. The van der Waals surface area contributed by atoms with E-state index in [-0.39, 0.29) is 11.7 Å². The number of aryl methyl sites for hydroxylation is 1. The van der Waals surface area contributed by atoms with E-state index in [4.69, 9.17) is 4.74 Å². The van der Waals surface area contributed by atoms with Gasteiger partial charge in [-0.05, 0) is 56.4 Å². The number of sulfonamides is 1. The summed E-state index contributed by atoms with van der Waals surface area (Å²) in [6.07, 6.45) is 5.71. The van der Waals surface area contributed by atoms with Crippen molar-refractivity contribution in [3.8, 4) is 11.4 Å². The van der Waals surface area contributed by atoms with Crippen LogP contribution in [0.1, 0.15) is 31.2 Å². The summed E-state index contributed by atoms with van der Waals surface area (Å²) < 4.78 is 35.6. The number of para-hydroxylation sites is 1. The van der Waals surface area contributed by atoms with E-state index in [2.05, 4.69) is 5.10 Å². The smallest absolute Gasteiger partial charge is 0.316 e. The zero-order valence-electron chi connectivity index (χ0n) is 19.8. The molecule has 5 rings (SSSR count). The first-order chi connectivity index (χ1) is 16.9. The Morgan fingerprint density at radius 1 is 0.914 bits per heavy atom. The third-order valence-corrected chi connectivity index (χ3v) is 8.85. The Hall–Kier alpha value is -3.17. The van der Waals surface area contributed by atoms with Gasteiger partial charge in [0.05, 0.1) is 22.9 Å². The molecule has 2 heterocycles. The van der Waals surface area contributed by atoms with Gasteiger partial charge < -0.3 is 9.64 Å². The zero-order chi connectivity index (χ0) is 24.4. The Morgan fingerprint density at radius 2 is 1.57 bits per heavy atom. The topological polar surface area (TPSA) is 84.7 Å². The molecule has 0 bridgehead atoms. The second-order valence-corrected chi connectivity index (χ2v) is 11.0. The molecule has 0 spiro atoms. The number of piperazine rings is 1. The molecule has 0 radical (unpaired) electrons. The van der Waals surface area contributed by atoms with E-state index in [9.17, 15) is 13.2 Å². The summed E-state index contributed by atoms with van der Waals surface area (Å²) >= 11 is 0. The highest BCUT2D eigenvalue weighted by Crippen LogP contribution is 2.31. The van der Waals surface area contributed by atoms with Crippen LogP contribution in [0.4, 0.5) is 5.69 Å². The normalized spacial score (nSPS) is 17.6. The maximum Gasteiger partial charge on any atom is 0.316 e. The van der Waals surface area contributed by atoms with Crippen molar-refractivity contribution in [1.29, 1.82) is 0 Å². The third kappa shape index (κ3) is 4.70. The van der Waals surface area contributed by atoms with Crippen LogP contribution in [0.15, 0.2) is 70.5 Å². The fourth-order valence-electron chi connectivity index (χ4n) is 4.85. The van der Waals surface area contributed by atoms with Crippen molar-refractivity contribution < 1.29 is 13.2 Å². The van der Waals surface area contributed by atoms with Gasteiger partial charge in [-0.25, -0.2) is 8.42 Å². The summed E-state index contributed by atoms with van der Waals surface area (Å²) in [5.74, 6) is 0.297. The van der Waals surface area contributed by atoms with Gasteiger partial charge in [0.1, 0.15) is 5.69 Å². The Kier molecular flexibility index (Phi) is 6.62. The van der Waals surface area contributed by atoms with Crippen molar-refractivity contribution >= 4 is 15.7 Å². The highest BCUT2D eigenvalue weighted by molar-refractivity contribution is 7.89. The molecule has 9 heteroatoms. The lowest BCUT2D eigenvalue weighted by Gasteiger charge is -2.36. The van der Waals surface area contributed by atoms with Gasteiger partial charge in [0.25, 0.3) is 0 Å². The van der Waals surface area contributed by atoms with Gasteiger partial charge in [0.15, 0.2) is 0 Å². The molecule has 8 nitrogen and oxygen atoms in total. The SMILES string of the molecule is Cc1ccccc1S(=O)(=O)N1CCN(c2cnn(-c3ccccc3)c(=O)c2OC2CCCC2)CC1. The minimum atomic E-state index is -3.58. The molecule has 0 N–H and O–H groups in total. The third-order valence-electron chi connectivity index (χ3n) is 6.79. The molecule has 0 unspecified atom stereocenters. The summed E-state index contributed by atoms with van der Waals surface area (Å²) in [4.78, 5) is 15.9. The van der Waals surface area contributed by atoms with Gasteiger partial charge in [-0.15, -0.1) is 0 Å². The van der Waals surface area contributed by atoms with Crippen LogP contribution in [0, 0.1) is 6.92 Å². The van der Waals surface area contributed by atoms with Crippen molar-refractivity contribution in [1.82, 2.24) is 14.1 Å². The second-order valence-electron chi connectivity index (χ2n) is 9.09. The molecule has 1 aliphatic carbocycles. The van der Waals surface area contributed by atoms with Crippen LogP contribution in [0.5, 0.6) is 5.75 Å². The van der Waals surface area contributed by atoms with E-state index in [0.29, 0.717) is 48.2 Å². The van der Waals surface area contributed by atoms with Crippen molar-refractivity contribution in [3.05, 3.63) is 76.7 Å². The van der Waals surface area contributed by atoms with Gasteiger partial charge in [0, 0.05) is 26.2 Å². The van der Waals surface area contributed by atoms with Crippen LogP contribution in [0.3, 0.4) is 0 Å². The number of benzene rings is 2. The maximum atomic E-state index is 13.5. The lowest BCUT2D eigenvalue weighted by Crippen LogP contribution is -2.49. The molecular formula is C26H30N4O4S. The van der Waals surface area contributed by atoms with Crippen molar-refractivity contribution in [2.24, 2.45) is 0 Å². The zero-order valence-corrected chi connectivity index (χ0v) is 20.7. The molecule has 1 aromatic heterocycles. The lowest BCUT2D eigenvalue weighted by atomic mass is 10.2. The molecule has 0 atom stereocenters. The van der Waals surface area contributed by atoms with Crippen molar-refractivity contribution in [3.63, 3.8) is 0 Å². The van der Waals surface area contributed by atoms with Crippen LogP contribution < -0.4 is 15.2 Å². The number of rotatable bonds is 6. The maximum absolute atomic E-state index is 13.5. The van der Waals surface area contributed by atoms with Crippen molar-refractivity contribution in [2.75, 3.05) is 31.1 Å². The molecule has 1 saturated heterocycles. The van der Waals surface area contributed by atoms with Gasteiger partial charge in [-0.3, -0.25) is 4.79 Å². The predicted octanol–water partition coefficient (Wildman–Crippen LogP) is 3.37. The molecule has 35 heavy (non-hydrogen) atoms. The first-order valence-electron chi connectivity index (χ1n) is 12.1. The van der Waals surface area contributed by atoms with Gasteiger partial charge in [-0.1, -0.05) is 36.4 Å². The van der Waals surface area contributed by atoms with E-state index in [0.717, 1.165) is 31.2 Å². The highest BCUT2D eigenvalue weighted by Gasteiger charge is 2.32. The number of aromatic nitrogens is 2. The van der Waals surface area contributed by atoms with Crippen molar-refractivity contribution in [2.45, 2.75) is 43.6 Å². The molecule has 1 saturated carbocycles. The molecule has 3 aromatic rings. The van der Waals surface area contributed by atoms with E-state index in [1.807, 2.05) is 54.3 Å². The van der Waals surface area contributed by atoms with Crippen LogP contribution in [-0.2, 0) is 10.0 Å². The summed E-state index contributed by atoms with van der Waals surface area (Å²) in [6, 6.07) is 16.3. The number of hydrogen-bond acceptors (Lipinski definition) is 6. The first-order valence-corrected chi connectivity index (χ1v) is 13.5. The van der Waals surface area contributed by atoms with E-state index in [1.165, 1.54) is 8.99 Å². The Bertz CT molecular complexity index is 1340. The molecule has 1 aliphatic heterocycles. The molecule has 0 amide bonds. The van der Waals surface area contributed by atoms with Crippen LogP contribution in [-0.4, -0.2) is 54.8 Å². The quantitative estimate of drug-likeness (QED) is 0.522. The summed E-state index contributed by atoms with van der Waals surface area (Å²) in [7, 11) is -3.58. The van der Waals surface area contributed by atoms with Crippen LogP contribution in [0.2, 0.25) is 0 Å². The minimum absolute atomic E-state index is 0.01000. The Balaban J connectivity index is 1.42. The monoisotopic (exact) mass is 494 g/mol. The average Bonchev–Trinajstić information content (AvgIpc) is 3.39. The number of anilines is 1. The Labute approximate surface area is 205 Å². The van der Waals surface area contributed by atoms with Gasteiger partial charge in [0.2, 0.25) is 15.8 Å². The molecule has 2 aliphatic rings. The molecule has 184 valence electrons. The molecule has 2 fully saturated rings. The summed E-state index contributed by atoms with van der Waals surface area (Å²) in [6.45, 7) is 3.34. The second kappa shape index (κ2) is 9.83. The summed E-state index contributed by atoms with van der Waals surface area (Å²) in [5.41, 5.74) is 1.74. The van der Waals surface area contributed by atoms with Gasteiger partial charge in [-0.2, -0.15) is 14.1 Å². The lowest BCUT2D eigenvalue weighted by molar-refractivity contribution is 0.205.